The predicted molar refractivity (Wildman–Crippen MR) is 113 cm³/mol. The zero-order valence-corrected chi connectivity index (χ0v) is 17.0. The van der Waals surface area contributed by atoms with Gasteiger partial charge in [0.15, 0.2) is 5.76 Å². The van der Waals surface area contributed by atoms with Crippen LogP contribution in [0.5, 0.6) is 0 Å². The fourth-order valence-corrected chi connectivity index (χ4v) is 2.68. The molecule has 30 heavy (non-hydrogen) atoms. The lowest BCUT2D eigenvalue weighted by molar-refractivity contribution is 0.0831. The summed E-state index contributed by atoms with van der Waals surface area (Å²) < 4.78 is 4.94. The number of benzene rings is 2. The van der Waals surface area contributed by atoms with Crippen LogP contribution in [0.4, 0.5) is 5.69 Å². The van der Waals surface area contributed by atoms with Crippen molar-refractivity contribution < 1.29 is 18.8 Å². The maximum Gasteiger partial charge on any atom is 0.305 e. The van der Waals surface area contributed by atoms with Crippen LogP contribution in [0.15, 0.2) is 71.3 Å². The number of hydrazine groups is 1. The van der Waals surface area contributed by atoms with E-state index < -0.39 is 11.8 Å². The van der Waals surface area contributed by atoms with Gasteiger partial charge in [-0.15, -0.1) is 0 Å². The van der Waals surface area contributed by atoms with Crippen molar-refractivity contribution in [2.45, 2.75) is 26.2 Å². The van der Waals surface area contributed by atoms with Crippen molar-refractivity contribution in [3.8, 4) is 0 Å². The third-order valence-electron chi connectivity index (χ3n) is 4.45. The normalized spacial score (nSPS) is 10.9. The van der Waals surface area contributed by atoms with E-state index in [0.717, 1.165) is 5.56 Å². The Morgan fingerprint density at radius 3 is 1.87 bits per heavy atom. The van der Waals surface area contributed by atoms with E-state index in [4.69, 9.17) is 4.42 Å². The molecule has 0 aliphatic rings. The van der Waals surface area contributed by atoms with Crippen molar-refractivity contribution in [1.82, 2.24) is 10.9 Å². The molecule has 2 aromatic carbocycles. The third kappa shape index (κ3) is 5.14. The van der Waals surface area contributed by atoms with E-state index in [2.05, 4.69) is 36.9 Å². The van der Waals surface area contributed by atoms with Gasteiger partial charge in [0.05, 0.1) is 6.26 Å². The first-order valence-corrected chi connectivity index (χ1v) is 9.40. The number of nitrogens with one attached hydrogen (secondary N) is 3. The molecular weight excluding hydrogens is 382 g/mol. The Hall–Kier alpha value is -3.87. The topological polar surface area (TPSA) is 100 Å². The molecule has 1 aromatic heterocycles. The standard InChI is InChI=1S/C23H23N3O4/c1-23(2,3)17-10-6-15(7-11-17)20(27)24-18-12-8-16(9-13-18)21(28)25-26-22(29)19-5-4-14-30-19/h4-14H,1-3H3,(H,24,27)(H,25,28)(H,26,29). The quantitative estimate of drug-likeness (QED) is 0.573. The highest BCUT2D eigenvalue weighted by Crippen LogP contribution is 2.22. The second kappa shape index (κ2) is 8.65. The van der Waals surface area contributed by atoms with Crippen LogP contribution < -0.4 is 16.2 Å². The Morgan fingerprint density at radius 1 is 0.733 bits per heavy atom. The van der Waals surface area contributed by atoms with Crippen LogP contribution in [0.3, 0.4) is 0 Å². The van der Waals surface area contributed by atoms with Crippen LogP contribution >= 0.6 is 0 Å². The van der Waals surface area contributed by atoms with Gasteiger partial charge in [-0.05, 0) is 59.5 Å². The molecule has 0 unspecified atom stereocenters. The molecule has 3 amide bonds. The highest BCUT2D eigenvalue weighted by molar-refractivity contribution is 6.04. The molecular formula is C23H23N3O4. The van der Waals surface area contributed by atoms with Gasteiger partial charge in [-0.1, -0.05) is 32.9 Å². The average Bonchev–Trinajstić information content (AvgIpc) is 3.27. The van der Waals surface area contributed by atoms with E-state index in [1.54, 1.807) is 42.5 Å². The van der Waals surface area contributed by atoms with E-state index >= 15 is 0 Å². The minimum Gasteiger partial charge on any atom is -0.459 e. The number of hydrogen-bond acceptors (Lipinski definition) is 4. The number of carbonyl (C=O) groups excluding carboxylic acids is 3. The van der Waals surface area contributed by atoms with Gasteiger partial charge in [-0.2, -0.15) is 0 Å². The van der Waals surface area contributed by atoms with Crippen molar-refractivity contribution in [2.75, 3.05) is 5.32 Å². The number of hydrogen-bond donors (Lipinski definition) is 3. The van der Waals surface area contributed by atoms with Crippen molar-refractivity contribution >= 4 is 23.4 Å². The number of rotatable bonds is 4. The molecule has 3 aromatic rings. The molecule has 3 N–H and O–H groups in total. The van der Waals surface area contributed by atoms with Gasteiger partial charge in [0, 0.05) is 16.8 Å². The fraction of sp³-hybridized carbons (Fsp3) is 0.174. The van der Waals surface area contributed by atoms with E-state index in [1.807, 2.05) is 12.1 Å². The molecule has 0 bridgehead atoms. The molecule has 0 radical (unpaired) electrons. The van der Waals surface area contributed by atoms with E-state index in [-0.39, 0.29) is 17.1 Å². The van der Waals surface area contributed by atoms with Crippen LogP contribution in [0, 0.1) is 0 Å². The molecule has 0 saturated heterocycles. The predicted octanol–water partition coefficient (Wildman–Crippen LogP) is 3.90. The van der Waals surface area contributed by atoms with Gasteiger partial charge in [0.25, 0.3) is 11.8 Å². The zero-order valence-electron chi connectivity index (χ0n) is 17.0. The van der Waals surface area contributed by atoms with Crippen molar-refractivity contribution in [2.24, 2.45) is 0 Å². The minimum atomic E-state index is -0.560. The lowest BCUT2D eigenvalue weighted by atomic mass is 9.87. The Morgan fingerprint density at radius 2 is 1.30 bits per heavy atom. The van der Waals surface area contributed by atoms with Gasteiger partial charge in [0.1, 0.15) is 0 Å². The van der Waals surface area contributed by atoms with Gasteiger partial charge in [-0.3, -0.25) is 25.2 Å². The number of furan rings is 1. The van der Waals surface area contributed by atoms with Crippen LogP contribution in [-0.4, -0.2) is 17.7 Å². The Bertz CT molecular complexity index is 1030. The van der Waals surface area contributed by atoms with Crippen LogP contribution in [0.1, 0.15) is 57.6 Å². The van der Waals surface area contributed by atoms with E-state index in [9.17, 15) is 14.4 Å². The number of anilines is 1. The molecule has 7 nitrogen and oxygen atoms in total. The van der Waals surface area contributed by atoms with E-state index in [0.29, 0.717) is 16.8 Å². The maximum absolute atomic E-state index is 12.4. The summed E-state index contributed by atoms with van der Waals surface area (Å²) in [6.07, 6.45) is 1.36. The molecule has 0 aliphatic heterocycles. The molecule has 0 fully saturated rings. The first-order chi connectivity index (χ1) is 14.2. The molecule has 0 spiro atoms. The smallest absolute Gasteiger partial charge is 0.305 e. The summed E-state index contributed by atoms with van der Waals surface area (Å²) in [5, 5.41) is 2.80. The summed E-state index contributed by atoms with van der Waals surface area (Å²) >= 11 is 0. The Labute approximate surface area is 174 Å². The number of amides is 3. The molecule has 0 aliphatic carbocycles. The first kappa shape index (κ1) is 20.9. The average molecular weight is 405 g/mol. The summed E-state index contributed by atoms with van der Waals surface area (Å²) in [5.41, 5.74) is 7.15. The zero-order chi connectivity index (χ0) is 21.7. The van der Waals surface area contributed by atoms with Crippen molar-refractivity contribution in [3.05, 3.63) is 89.4 Å². The molecule has 0 atom stereocenters. The minimum absolute atomic E-state index is 0.0167. The molecule has 3 rings (SSSR count). The summed E-state index contributed by atoms with van der Waals surface area (Å²) in [5.74, 6) is -1.21. The Balaban J connectivity index is 1.56. The maximum atomic E-state index is 12.4. The SMILES string of the molecule is CC(C)(C)c1ccc(C(=O)Nc2ccc(C(=O)NNC(=O)c3ccco3)cc2)cc1. The number of carbonyl (C=O) groups is 3. The van der Waals surface area contributed by atoms with Gasteiger partial charge in [-0.25, -0.2) is 0 Å². The second-order valence-electron chi connectivity index (χ2n) is 7.74. The van der Waals surface area contributed by atoms with E-state index in [1.165, 1.54) is 12.3 Å². The lowest BCUT2D eigenvalue weighted by Crippen LogP contribution is -2.41. The lowest BCUT2D eigenvalue weighted by Gasteiger charge is -2.19. The fourth-order valence-electron chi connectivity index (χ4n) is 2.68. The monoisotopic (exact) mass is 405 g/mol. The van der Waals surface area contributed by atoms with Crippen LogP contribution in [0.2, 0.25) is 0 Å². The van der Waals surface area contributed by atoms with Crippen molar-refractivity contribution in [3.63, 3.8) is 0 Å². The summed E-state index contributed by atoms with van der Waals surface area (Å²) in [7, 11) is 0. The summed E-state index contributed by atoms with van der Waals surface area (Å²) in [6.45, 7) is 6.34. The second-order valence-corrected chi connectivity index (χ2v) is 7.74. The molecule has 0 saturated carbocycles. The summed E-state index contributed by atoms with van der Waals surface area (Å²) in [4.78, 5) is 36.3. The molecule has 154 valence electrons. The Kier molecular flexibility index (Phi) is 6.01. The highest BCUT2D eigenvalue weighted by Gasteiger charge is 2.15. The van der Waals surface area contributed by atoms with Gasteiger partial charge >= 0.3 is 5.91 Å². The summed E-state index contributed by atoms with van der Waals surface area (Å²) in [6, 6.07) is 16.9. The molecule has 7 heteroatoms. The highest BCUT2D eigenvalue weighted by atomic mass is 16.3. The van der Waals surface area contributed by atoms with Crippen molar-refractivity contribution in [1.29, 1.82) is 0 Å². The van der Waals surface area contributed by atoms with Crippen LogP contribution in [0.25, 0.3) is 0 Å². The van der Waals surface area contributed by atoms with Gasteiger partial charge < -0.3 is 9.73 Å². The third-order valence-corrected chi connectivity index (χ3v) is 4.45. The largest absolute Gasteiger partial charge is 0.459 e. The van der Waals surface area contributed by atoms with Crippen LogP contribution in [-0.2, 0) is 5.41 Å². The van der Waals surface area contributed by atoms with Gasteiger partial charge in [0.2, 0.25) is 0 Å². The molecule has 1 heterocycles. The first-order valence-electron chi connectivity index (χ1n) is 9.40.